The fourth-order valence-corrected chi connectivity index (χ4v) is 4.11. The second-order valence-electron chi connectivity index (χ2n) is 9.32. The van der Waals surface area contributed by atoms with Crippen molar-refractivity contribution in [1.29, 1.82) is 0 Å². The molecule has 2 aliphatic rings. The van der Waals surface area contributed by atoms with Crippen LogP contribution in [0.4, 0.5) is 4.79 Å². The molecule has 36 heavy (non-hydrogen) atoms. The third-order valence-corrected chi connectivity index (χ3v) is 6.10. The zero-order valence-electron chi connectivity index (χ0n) is 21.4. The Balaban J connectivity index is 1.38. The maximum atomic E-state index is 12.0. The average Bonchev–Trinajstić information content (AvgIpc) is 3.25. The van der Waals surface area contributed by atoms with Gasteiger partial charge in [-0.25, -0.2) is 4.79 Å². The summed E-state index contributed by atoms with van der Waals surface area (Å²) >= 11 is 0. The van der Waals surface area contributed by atoms with Crippen LogP contribution in [0, 0.1) is 0 Å². The number of nitrogens with zero attached hydrogens (tertiary/aromatic N) is 1. The van der Waals surface area contributed by atoms with Crippen molar-refractivity contribution in [3.05, 3.63) is 29.8 Å². The van der Waals surface area contributed by atoms with Crippen molar-refractivity contribution in [3.8, 4) is 5.75 Å². The first-order chi connectivity index (χ1) is 17.3. The van der Waals surface area contributed by atoms with Gasteiger partial charge in [0.2, 0.25) is 0 Å². The van der Waals surface area contributed by atoms with Gasteiger partial charge in [0.1, 0.15) is 18.5 Å². The van der Waals surface area contributed by atoms with E-state index in [1.54, 1.807) is 4.90 Å². The predicted molar refractivity (Wildman–Crippen MR) is 131 cm³/mol. The summed E-state index contributed by atoms with van der Waals surface area (Å²) in [4.78, 5) is 25.7. The Hall–Kier alpha value is -2.44. The van der Waals surface area contributed by atoms with Crippen molar-refractivity contribution in [2.45, 2.75) is 44.2 Å². The number of esters is 1. The number of aliphatic hydroxyl groups is 1. The van der Waals surface area contributed by atoms with Gasteiger partial charge in [0.25, 0.3) is 0 Å². The molecule has 3 N–H and O–H groups in total. The minimum absolute atomic E-state index is 0.100. The first-order valence-electron chi connectivity index (χ1n) is 12.4. The van der Waals surface area contributed by atoms with E-state index in [1.165, 1.54) is 7.11 Å². The Bertz CT molecular complexity index is 829. The van der Waals surface area contributed by atoms with Crippen molar-refractivity contribution in [3.63, 3.8) is 0 Å². The molecule has 11 heteroatoms. The van der Waals surface area contributed by atoms with Crippen molar-refractivity contribution >= 4 is 12.0 Å². The number of carbonyl (C=O) groups is 2. The van der Waals surface area contributed by atoms with Crippen LogP contribution in [-0.4, -0.2) is 106 Å². The minimum atomic E-state index is -0.710. The number of urea groups is 1. The summed E-state index contributed by atoms with van der Waals surface area (Å²) in [5, 5.41) is 16.2. The van der Waals surface area contributed by atoms with Crippen molar-refractivity contribution < 1.29 is 38.4 Å². The van der Waals surface area contributed by atoms with Gasteiger partial charge < -0.3 is 44.3 Å². The molecule has 0 radical (unpaired) electrons. The van der Waals surface area contributed by atoms with Crippen molar-refractivity contribution in [2.24, 2.45) is 0 Å². The molecule has 0 spiro atoms. The molecule has 2 heterocycles. The molecule has 1 aromatic carbocycles. The summed E-state index contributed by atoms with van der Waals surface area (Å²) in [6.07, 6.45) is -0.798. The number of hydrogen-bond donors (Lipinski definition) is 3. The van der Waals surface area contributed by atoms with Gasteiger partial charge in [-0.05, 0) is 31.5 Å². The average molecular weight is 510 g/mol. The maximum Gasteiger partial charge on any atom is 0.317 e. The Morgan fingerprint density at radius 3 is 2.56 bits per heavy atom. The quantitative estimate of drug-likeness (QED) is 0.278. The van der Waals surface area contributed by atoms with E-state index in [0.29, 0.717) is 58.3 Å². The number of morpholine rings is 1. The minimum Gasteiger partial charge on any atom is -0.491 e. The maximum absolute atomic E-state index is 12.0. The highest BCUT2D eigenvalue weighted by Crippen LogP contribution is 2.35. The molecule has 2 fully saturated rings. The van der Waals surface area contributed by atoms with Crippen LogP contribution in [0.3, 0.4) is 0 Å². The second-order valence-corrected chi connectivity index (χ2v) is 9.32. The van der Waals surface area contributed by atoms with E-state index in [-0.39, 0.29) is 37.0 Å². The molecule has 202 valence electrons. The number of benzene rings is 1. The van der Waals surface area contributed by atoms with Crippen molar-refractivity contribution in [1.82, 2.24) is 15.5 Å². The Kier molecular flexibility index (Phi) is 10.7. The smallest absolute Gasteiger partial charge is 0.317 e. The van der Waals surface area contributed by atoms with Crippen molar-refractivity contribution in [2.75, 3.05) is 66.3 Å². The van der Waals surface area contributed by atoms with Gasteiger partial charge in [-0.15, -0.1) is 0 Å². The van der Waals surface area contributed by atoms with E-state index in [0.717, 1.165) is 5.56 Å². The molecule has 3 unspecified atom stereocenters. The van der Waals surface area contributed by atoms with E-state index in [9.17, 15) is 14.7 Å². The highest BCUT2D eigenvalue weighted by Gasteiger charge is 2.39. The number of nitrogens with one attached hydrogen (secondary N) is 2. The van der Waals surface area contributed by atoms with Crippen LogP contribution in [0.15, 0.2) is 24.3 Å². The summed E-state index contributed by atoms with van der Waals surface area (Å²) in [7, 11) is 1.37. The Morgan fingerprint density at radius 1 is 1.19 bits per heavy atom. The molecular formula is C25H39N3O8. The summed E-state index contributed by atoms with van der Waals surface area (Å²) in [5.74, 6) is -0.617. The molecule has 0 bridgehead atoms. The number of hydrogen-bond acceptors (Lipinski definition) is 9. The molecule has 3 rings (SSSR count). The third kappa shape index (κ3) is 8.90. The largest absolute Gasteiger partial charge is 0.491 e. The van der Waals surface area contributed by atoms with E-state index in [1.807, 2.05) is 38.1 Å². The molecule has 2 amide bonds. The lowest BCUT2D eigenvalue weighted by molar-refractivity contribution is -0.148. The fraction of sp³-hybridized carbons (Fsp3) is 0.680. The van der Waals surface area contributed by atoms with Gasteiger partial charge in [0.05, 0.1) is 39.5 Å². The van der Waals surface area contributed by atoms with Gasteiger partial charge >= 0.3 is 12.0 Å². The van der Waals surface area contributed by atoms with E-state index in [4.69, 9.17) is 23.7 Å². The summed E-state index contributed by atoms with van der Waals surface area (Å²) in [5.41, 5.74) is 0.917. The molecule has 0 aliphatic carbocycles. The van der Waals surface area contributed by atoms with Gasteiger partial charge in [-0.3, -0.25) is 4.79 Å². The van der Waals surface area contributed by atoms with Crippen LogP contribution in [0.25, 0.3) is 0 Å². The molecule has 2 aliphatic heterocycles. The summed E-state index contributed by atoms with van der Waals surface area (Å²) < 4.78 is 27.5. The molecule has 0 saturated carbocycles. The van der Waals surface area contributed by atoms with Crippen LogP contribution in [-0.2, 0) is 23.7 Å². The van der Waals surface area contributed by atoms with Gasteiger partial charge in [0.15, 0.2) is 5.79 Å². The first kappa shape index (κ1) is 28.1. The highest BCUT2D eigenvalue weighted by molar-refractivity contribution is 5.74. The van der Waals surface area contributed by atoms with E-state index >= 15 is 0 Å². The number of carbonyl (C=O) groups excluding carboxylic acids is 2. The first-order valence-corrected chi connectivity index (χ1v) is 12.4. The normalized spacial score (nSPS) is 21.0. The molecule has 0 aromatic heterocycles. The molecule has 2 saturated heterocycles. The van der Waals surface area contributed by atoms with Crippen LogP contribution in [0.2, 0.25) is 0 Å². The van der Waals surface area contributed by atoms with Crippen LogP contribution < -0.4 is 15.4 Å². The molecule has 1 aromatic rings. The molecule has 3 atom stereocenters. The second kappa shape index (κ2) is 13.8. The van der Waals surface area contributed by atoms with Crippen LogP contribution in [0.1, 0.15) is 31.7 Å². The standard InChI is InChI=1S/C25H39N3O8/c1-25(2)35-17-22(36-25)21(14-23(30)32-3)18-4-6-20(7-5-18)34-16-19(29)15-26-8-9-27-24(31)28-10-12-33-13-11-28/h4-7,19,21-22,26,29H,8-17H2,1-3H3,(H,27,31). The number of amides is 2. The third-order valence-electron chi connectivity index (χ3n) is 6.10. The van der Waals surface area contributed by atoms with E-state index < -0.39 is 11.9 Å². The Morgan fingerprint density at radius 2 is 1.92 bits per heavy atom. The number of rotatable bonds is 12. The van der Waals surface area contributed by atoms with Gasteiger partial charge in [0, 0.05) is 38.6 Å². The lowest BCUT2D eigenvalue weighted by Gasteiger charge is -2.27. The van der Waals surface area contributed by atoms with Gasteiger partial charge in [-0.1, -0.05) is 12.1 Å². The van der Waals surface area contributed by atoms with E-state index in [2.05, 4.69) is 10.6 Å². The summed E-state index contributed by atoms with van der Waals surface area (Å²) in [6, 6.07) is 7.29. The topological polar surface area (TPSA) is 128 Å². The SMILES string of the molecule is COC(=O)CC(c1ccc(OCC(O)CNCCNC(=O)N2CCOCC2)cc1)C1COC(C)(C)O1. The molecular weight excluding hydrogens is 470 g/mol. The van der Waals surface area contributed by atoms with Crippen LogP contribution in [0.5, 0.6) is 5.75 Å². The van der Waals surface area contributed by atoms with Crippen LogP contribution >= 0.6 is 0 Å². The zero-order chi connectivity index (χ0) is 26.0. The summed E-state index contributed by atoms with van der Waals surface area (Å²) in [6.45, 7) is 7.87. The van der Waals surface area contributed by atoms with Gasteiger partial charge in [-0.2, -0.15) is 0 Å². The highest BCUT2D eigenvalue weighted by atomic mass is 16.7. The lowest BCUT2D eigenvalue weighted by Crippen LogP contribution is -2.47. The zero-order valence-corrected chi connectivity index (χ0v) is 21.4. The number of aliphatic hydroxyl groups excluding tert-OH is 1. The number of methoxy groups -OCH3 is 1. The monoisotopic (exact) mass is 509 g/mol. The molecule has 11 nitrogen and oxygen atoms in total. The lowest BCUT2D eigenvalue weighted by atomic mass is 9.90. The fourth-order valence-electron chi connectivity index (χ4n) is 4.11. The predicted octanol–water partition coefficient (Wildman–Crippen LogP) is 0.856. The number of ether oxygens (including phenoxy) is 5. The Labute approximate surface area is 212 Å².